The summed E-state index contributed by atoms with van der Waals surface area (Å²) in [6.07, 6.45) is -3.98. The predicted molar refractivity (Wildman–Crippen MR) is 93.1 cm³/mol. The van der Waals surface area contributed by atoms with Crippen molar-refractivity contribution in [2.75, 3.05) is 0 Å². The van der Waals surface area contributed by atoms with Crippen LogP contribution in [0.25, 0.3) is 22.0 Å². The fraction of sp³-hybridized carbons (Fsp3) is 0.200. The van der Waals surface area contributed by atoms with Crippen molar-refractivity contribution < 1.29 is 22.7 Å². The lowest BCUT2D eigenvalue weighted by molar-refractivity contribution is -0.274. The standard InChI is InChI=1S/C20H16F3NO2/c1-12(11-25)18-13(2)24-17-9-8-15(26-20(21,22)23)10-16(17)19(18)14-6-4-3-5-7-14/h3-12H,1-2H3. The van der Waals surface area contributed by atoms with Gasteiger partial charge in [-0.3, -0.25) is 4.98 Å². The van der Waals surface area contributed by atoms with Crippen LogP contribution in [0.1, 0.15) is 24.1 Å². The molecule has 6 heteroatoms. The third-order valence-electron chi connectivity index (χ3n) is 4.14. The number of alkyl halides is 3. The van der Waals surface area contributed by atoms with Crippen LogP contribution in [0.15, 0.2) is 48.5 Å². The molecule has 1 heterocycles. The summed E-state index contributed by atoms with van der Waals surface area (Å²) in [4.78, 5) is 15.9. The fourth-order valence-corrected chi connectivity index (χ4v) is 3.12. The number of aldehydes is 1. The molecule has 1 aromatic heterocycles. The van der Waals surface area contributed by atoms with Gasteiger partial charge in [0, 0.05) is 17.0 Å². The van der Waals surface area contributed by atoms with Crippen molar-refractivity contribution in [3.8, 4) is 16.9 Å². The molecule has 0 radical (unpaired) electrons. The van der Waals surface area contributed by atoms with Gasteiger partial charge in [-0.15, -0.1) is 13.2 Å². The van der Waals surface area contributed by atoms with Gasteiger partial charge in [-0.1, -0.05) is 37.3 Å². The highest BCUT2D eigenvalue weighted by Gasteiger charge is 2.31. The molecule has 1 unspecified atom stereocenters. The Morgan fingerprint density at radius 1 is 1.12 bits per heavy atom. The first-order valence-corrected chi connectivity index (χ1v) is 8.01. The minimum atomic E-state index is -4.78. The first-order chi connectivity index (χ1) is 12.3. The molecular formula is C20H16F3NO2. The number of fused-ring (bicyclic) bond motifs is 1. The molecule has 0 aliphatic carbocycles. The average molecular weight is 359 g/mol. The number of rotatable bonds is 4. The van der Waals surface area contributed by atoms with E-state index in [4.69, 9.17) is 0 Å². The molecule has 1 atom stereocenters. The molecule has 0 N–H and O–H groups in total. The molecule has 0 aliphatic rings. The maximum Gasteiger partial charge on any atom is 0.573 e. The molecular weight excluding hydrogens is 343 g/mol. The van der Waals surface area contributed by atoms with Gasteiger partial charge in [0.15, 0.2) is 0 Å². The molecule has 134 valence electrons. The summed E-state index contributed by atoms with van der Waals surface area (Å²) in [7, 11) is 0. The van der Waals surface area contributed by atoms with Gasteiger partial charge in [-0.05, 0) is 41.8 Å². The maximum absolute atomic E-state index is 12.6. The monoisotopic (exact) mass is 359 g/mol. The molecule has 0 spiro atoms. The van der Waals surface area contributed by atoms with E-state index in [1.54, 1.807) is 13.8 Å². The topological polar surface area (TPSA) is 39.2 Å². The van der Waals surface area contributed by atoms with Crippen LogP contribution in [0.5, 0.6) is 5.75 Å². The summed E-state index contributed by atoms with van der Waals surface area (Å²) in [6.45, 7) is 3.53. The van der Waals surface area contributed by atoms with E-state index in [1.807, 2.05) is 30.3 Å². The maximum atomic E-state index is 12.6. The number of pyridine rings is 1. The zero-order valence-electron chi connectivity index (χ0n) is 14.2. The third kappa shape index (κ3) is 3.54. The molecule has 26 heavy (non-hydrogen) atoms. The van der Waals surface area contributed by atoms with Crippen molar-refractivity contribution in [1.82, 2.24) is 4.98 Å². The smallest absolute Gasteiger partial charge is 0.406 e. The van der Waals surface area contributed by atoms with Gasteiger partial charge in [0.25, 0.3) is 0 Å². The lowest BCUT2D eigenvalue weighted by Crippen LogP contribution is -2.17. The van der Waals surface area contributed by atoms with Crippen LogP contribution >= 0.6 is 0 Å². The van der Waals surface area contributed by atoms with Crippen LogP contribution < -0.4 is 4.74 Å². The number of nitrogens with zero attached hydrogens (tertiary/aromatic N) is 1. The van der Waals surface area contributed by atoms with E-state index in [9.17, 15) is 18.0 Å². The minimum Gasteiger partial charge on any atom is -0.406 e. The highest BCUT2D eigenvalue weighted by molar-refractivity contribution is 5.98. The molecule has 0 bridgehead atoms. The van der Waals surface area contributed by atoms with Crippen LogP contribution in [0.2, 0.25) is 0 Å². The number of halogens is 3. The van der Waals surface area contributed by atoms with E-state index in [2.05, 4.69) is 9.72 Å². The Morgan fingerprint density at radius 3 is 2.42 bits per heavy atom. The molecule has 0 saturated carbocycles. The highest BCUT2D eigenvalue weighted by atomic mass is 19.4. The number of aryl methyl sites for hydroxylation is 1. The summed E-state index contributed by atoms with van der Waals surface area (Å²) in [5.41, 5.74) is 3.40. The fourth-order valence-electron chi connectivity index (χ4n) is 3.12. The van der Waals surface area contributed by atoms with Gasteiger partial charge >= 0.3 is 6.36 Å². The molecule has 0 amide bonds. The Kier molecular flexibility index (Phi) is 4.68. The Hall–Kier alpha value is -2.89. The van der Waals surface area contributed by atoms with E-state index in [-0.39, 0.29) is 5.75 Å². The van der Waals surface area contributed by atoms with Crippen molar-refractivity contribution in [2.45, 2.75) is 26.1 Å². The first kappa shape index (κ1) is 17.9. The zero-order valence-corrected chi connectivity index (χ0v) is 14.2. The van der Waals surface area contributed by atoms with Crippen molar-refractivity contribution in [2.24, 2.45) is 0 Å². The van der Waals surface area contributed by atoms with E-state index >= 15 is 0 Å². The molecule has 2 aromatic carbocycles. The normalized spacial score (nSPS) is 12.8. The van der Waals surface area contributed by atoms with Gasteiger partial charge < -0.3 is 9.53 Å². The first-order valence-electron chi connectivity index (χ1n) is 8.01. The Labute approximate surface area is 148 Å². The lowest BCUT2D eigenvalue weighted by atomic mass is 9.88. The molecule has 3 aromatic rings. The number of carbonyl (C=O) groups is 1. The molecule has 0 saturated heterocycles. The largest absolute Gasteiger partial charge is 0.573 e. The van der Waals surface area contributed by atoms with Gasteiger partial charge in [-0.2, -0.15) is 0 Å². The van der Waals surface area contributed by atoms with Gasteiger partial charge in [-0.25, -0.2) is 0 Å². The number of hydrogen-bond acceptors (Lipinski definition) is 3. The van der Waals surface area contributed by atoms with Crippen molar-refractivity contribution in [1.29, 1.82) is 0 Å². The number of aromatic nitrogens is 1. The number of carbonyl (C=O) groups excluding carboxylic acids is 1. The number of hydrogen-bond donors (Lipinski definition) is 0. The molecule has 0 fully saturated rings. The van der Waals surface area contributed by atoms with Gasteiger partial charge in [0.1, 0.15) is 12.0 Å². The summed E-state index contributed by atoms with van der Waals surface area (Å²) >= 11 is 0. The predicted octanol–water partition coefficient (Wildman–Crippen LogP) is 5.41. The number of ether oxygens (including phenoxy) is 1. The van der Waals surface area contributed by atoms with E-state index in [0.29, 0.717) is 27.7 Å². The van der Waals surface area contributed by atoms with Crippen molar-refractivity contribution >= 4 is 17.2 Å². The van der Waals surface area contributed by atoms with E-state index in [0.717, 1.165) is 11.8 Å². The lowest BCUT2D eigenvalue weighted by Gasteiger charge is -2.19. The summed E-state index contributed by atoms with van der Waals surface area (Å²) < 4.78 is 41.9. The second kappa shape index (κ2) is 6.78. The Bertz CT molecular complexity index is 953. The van der Waals surface area contributed by atoms with Crippen molar-refractivity contribution in [3.05, 3.63) is 59.8 Å². The third-order valence-corrected chi connectivity index (χ3v) is 4.14. The zero-order chi connectivity index (χ0) is 18.9. The molecule has 0 aliphatic heterocycles. The minimum absolute atomic E-state index is 0.322. The molecule has 3 nitrogen and oxygen atoms in total. The highest BCUT2D eigenvalue weighted by Crippen LogP contribution is 2.38. The van der Waals surface area contributed by atoms with Crippen LogP contribution in [-0.4, -0.2) is 17.6 Å². The second-order valence-electron chi connectivity index (χ2n) is 6.00. The van der Waals surface area contributed by atoms with Gasteiger partial charge in [0.05, 0.1) is 5.52 Å². The SMILES string of the molecule is Cc1nc2ccc(OC(F)(F)F)cc2c(-c2ccccc2)c1C(C)C=O. The van der Waals surface area contributed by atoms with Crippen LogP contribution in [-0.2, 0) is 4.79 Å². The average Bonchev–Trinajstić information content (AvgIpc) is 2.59. The second-order valence-corrected chi connectivity index (χ2v) is 6.00. The van der Waals surface area contributed by atoms with Crippen molar-refractivity contribution in [3.63, 3.8) is 0 Å². The van der Waals surface area contributed by atoms with E-state index < -0.39 is 12.3 Å². The molecule has 3 rings (SSSR count). The summed E-state index contributed by atoms with van der Waals surface area (Å²) in [6, 6.07) is 13.3. The van der Waals surface area contributed by atoms with E-state index in [1.165, 1.54) is 18.2 Å². The quantitative estimate of drug-likeness (QED) is 0.585. The van der Waals surface area contributed by atoms with Crippen LogP contribution in [0.3, 0.4) is 0 Å². The number of benzene rings is 2. The van der Waals surface area contributed by atoms with Crippen LogP contribution in [0, 0.1) is 6.92 Å². The summed E-state index contributed by atoms with van der Waals surface area (Å²) in [5.74, 6) is -0.771. The van der Waals surface area contributed by atoms with Gasteiger partial charge in [0.2, 0.25) is 0 Å². The Balaban J connectivity index is 2.35. The summed E-state index contributed by atoms with van der Waals surface area (Å²) in [5, 5.41) is 0.507. The Morgan fingerprint density at radius 2 is 1.81 bits per heavy atom. The van der Waals surface area contributed by atoms with Crippen LogP contribution in [0.4, 0.5) is 13.2 Å².